The topological polar surface area (TPSA) is 56.8 Å². The molecule has 3 rings (SSSR count). The molecule has 0 saturated heterocycles. The maximum absolute atomic E-state index is 12.2. The molecule has 0 radical (unpaired) electrons. The Kier molecular flexibility index (Phi) is 3.81. The van der Waals surface area contributed by atoms with Crippen LogP contribution in [0.4, 0.5) is 0 Å². The molecule has 1 atom stereocenters. The summed E-state index contributed by atoms with van der Waals surface area (Å²) >= 11 is 6.20. The molecule has 2 aromatic carbocycles. The number of rotatable bonds is 3. The molecule has 5 nitrogen and oxygen atoms in total. The SMILES string of the molecule is COc1cc(C2NC(=O)c3ccccc3O2)cc(Cl)c1OC. The molecule has 1 amide bonds. The van der Waals surface area contributed by atoms with Gasteiger partial charge in [-0.3, -0.25) is 4.79 Å². The summed E-state index contributed by atoms with van der Waals surface area (Å²) in [5.74, 6) is 1.25. The Labute approximate surface area is 132 Å². The lowest BCUT2D eigenvalue weighted by atomic mass is 10.1. The van der Waals surface area contributed by atoms with Gasteiger partial charge < -0.3 is 19.5 Å². The average Bonchev–Trinajstić information content (AvgIpc) is 2.54. The number of ether oxygens (including phenoxy) is 3. The van der Waals surface area contributed by atoms with Crippen molar-refractivity contribution in [2.45, 2.75) is 6.23 Å². The van der Waals surface area contributed by atoms with Gasteiger partial charge in [-0.05, 0) is 24.3 Å². The van der Waals surface area contributed by atoms with E-state index in [9.17, 15) is 4.79 Å². The van der Waals surface area contributed by atoms with Gasteiger partial charge in [0.1, 0.15) is 5.75 Å². The van der Waals surface area contributed by atoms with Gasteiger partial charge in [-0.1, -0.05) is 23.7 Å². The summed E-state index contributed by atoms with van der Waals surface area (Å²) in [5, 5.41) is 3.17. The van der Waals surface area contributed by atoms with Crippen molar-refractivity contribution in [2.24, 2.45) is 0 Å². The Morgan fingerprint density at radius 1 is 1.18 bits per heavy atom. The number of methoxy groups -OCH3 is 2. The molecule has 0 aliphatic carbocycles. The van der Waals surface area contributed by atoms with E-state index in [1.807, 2.05) is 6.07 Å². The van der Waals surface area contributed by atoms with Crippen LogP contribution in [0.25, 0.3) is 0 Å². The van der Waals surface area contributed by atoms with Crippen LogP contribution in [0.3, 0.4) is 0 Å². The van der Waals surface area contributed by atoms with E-state index in [2.05, 4.69) is 5.32 Å². The fraction of sp³-hybridized carbons (Fsp3) is 0.188. The number of halogens is 1. The van der Waals surface area contributed by atoms with E-state index in [1.54, 1.807) is 30.3 Å². The molecule has 0 fully saturated rings. The Morgan fingerprint density at radius 2 is 1.95 bits per heavy atom. The van der Waals surface area contributed by atoms with Crippen LogP contribution in [0.15, 0.2) is 36.4 Å². The number of carbonyl (C=O) groups is 1. The minimum absolute atomic E-state index is 0.197. The van der Waals surface area contributed by atoms with Gasteiger partial charge in [-0.25, -0.2) is 0 Å². The molecule has 0 saturated carbocycles. The Bertz CT molecular complexity index is 732. The summed E-state index contributed by atoms with van der Waals surface area (Å²) in [4.78, 5) is 12.2. The highest BCUT2D eigenvalue weighted by molar-refractivity contribution is 6.32. The molecule has 22 heavy (non-hydrogen) atoms. The fourth-order valence-electron chi connectivity index (χ4n) is 2.35. The summed E-state index contributed by atoms with van der Waals surface area (Å²) in [5.41, 5.74) is 1.18. The van der Waals surface area contributed by atoms with Crippen LogP contribution in [-0.2, 0) is 0 Å². The zero-order valence-electron chi connectivity index (χ0n) is 12.1. The van der Waals surface area contributed by atoms with Crippen LogP contribution in [-0.4, -0.2) is 20.1 Å². The number of carbonyl (C=O) groups excluding carboxylic acids is 1. The van der Waals surface area contributed by atoms with Crippen molar-refractivity contribution in [1.82, 2.24) is 5.32 Å². The lowest BCUT2D eigenvalue weighted by Gasteiger charge is -2.27. The number of hydrogen-bond acceptors (Lipinski definition) is 4. The third kappa shape index (κ3) is 2.44. The second kappa shape index (κ2) is 5.77. The Hall–Kier alpha value is -2.40. The van der Waals surface area contributed by atoms with Gasteiger partial charge in [-0.15, -0.1) is 0 Å². The smallest absolute Gasteiger partial charge is 0.258 e. The molecule has 0 bridgehead atoms. The number of fused-ring (bicyclic) bond motifs is 1. The first kappa shape index (κ1) is 14.5. The van der Waals surface area contributed by atoms with E-state index in [4.69, 9.17) is 25.8 Å². The van der Waals surface area contributed by atoms with Crippen LogP contribution < -0.4 is 19.5 Å². The third-order valence-electron chi connectivity index (χ3n) is 3.40. The predicted octanol–water partition coefficient (Wildman–Crippen LogP) is 3.18. The lowest BCUT2D eigenvalue weighted by Crippen LogP contribution is -2.36. The number of benzene rings is 2. The fourth-order valence-corrected chi connectivity index (χ4v) is 2.65. The summed E-state index contributed by atoms with van der Waals surface area (Å²) in [6.07, 6.45) is -0.639. The molecule has 114 valence electrons. The minimum Gasteiger partial charge on any atom is -0.493 e. The summed E-state index contributed by atoms with van der Waals surface area (Å²) in [6.45, 7) is 0. The van der Waals surface area contributed by atoms with Crippen LogP contribution >= 0.6 is 11.6 Å². The summed E-state index contributed by atoms with van der Waals surface area (Å²) in [7, 11) is 3.03. The number of hydrogen-bond donors (Lipinski definition) is 1. The Balaban J connectivity index is 1.99. The minimum atomic E-state index is -0.639. The van der Waals surface area contributed by atoms with E-state index in [1.165, 1.54) is 14.2 Å². The molecule has 2 aromatic rings. The zero-order chi connectivity index (χ0) is 15.7. The van der Waals surface area contributed by atoms with Gasteiger partial charge >= 0.3 is 0 Å². The summed E-state index contributed by atoms with van der Waals surface area (Å²) in [6, 6.07) is 10.5. The van der Waals surface area contributed by atoms with Crippen molar-refractivity contribution in [1.29, 1.82) is 0 Å². The molecule has 0 spiro atoms. The molecule has 1 unspecified atom stereocenters. The van der Waals surface area contributed by atoms with E-state index >= 15 is 0 Å². The van der Waals surface area contributed by atoms with Gasteiger partial charge in [0.15, 0.2) is 17.7 Å². The normalized spacial score (nSPS) is 16.3. The van der Waals surface area contributed by atoms with Crippen molar-refractivity contribution in [3.05, 3.63) is 52.5 Å². The van der Waals surface area contributed by atoms with Gasteiger partial charge in [0.2, 0.25) is 0 Å². The highest BCUT2D eigenvalue weighted by Crippen LogP contribution is 2.39. The average molecular weight is 320 g/mol. The molecule has 1 heterocycles. The molecule has 1 aliphatic rings. The third-order valence-corrected chi connectivity index (χ3v) is 3.68. The van der Waals surface area contributed by atoms with Gasteiger partial charge in [0, 0.05) is 5.56 Å². The van der Waals surface area contributed by atoms with Crippen LogP contribution in [0.5, 0.6) is 17.2 Å². The Morgan fingerprint density at radius 3 is 2.68 bits per heavy atom. The first-order valence-electron chi connectivity index (χ1n) is 6.62. The number of amides is 1. The van der Waals surface area contributed by atoms with Crippen LogP contribution in [0.2, 0.25) is 5.02 Å². The zero-order valence-corrected chi connectivity index (χ0v) is 12.8. The molecular weight excluding hydrogens is 306 g/mol. The molecule has 0 aromatic heterocycles. The van der Waals surface area contributed by atoms with Crippen LogP contribution in [0, 0.1) is 0 Å². The molecular formula is C16H14ClNO4. The van der Waals surface area contributed by atoms with Gasteiger partial charge in [0.05, 0.1) is 24.8 Å². The van der Waals surface area contributed by atoms with Crippen molar-refractivity contribution >= 4 is 17.5 Å². The second-order valence-corrected chi connectivity index (χ2v) is 5.11. The van der Waals surface area contributed by atoms with Crippen molar-refractivity contribution < 1.29 is 19.0 Å². The van der Waals surface area contributed by atoms with Crippen molar-refractivity contribution in [2.75, 3.05) is 14.2 Å². The maximum atomic E-state index is 12.2. The molecule has 6 heteroatoms. The molecule has 1 N–H and O–H groups in total. The molecule has 1 aliphatic heterocycles. The van der Waals surface area contributed by atoms with E-state index in [-0.39, 0.29) is 5.91 Å². The number of nitrogens with one attached hydrogen (secondary N) is 1. The van der Waals surface area contributed by atoms with Crippen molar-refractivity contribution in [3.63, 3.8) is 0 Å². The van der Waals surface area contributed by atoms with E-state index < -0.39 is 6.23 Å². The van der Waals surface area contributed by atoms with Crippen LogP contribution in [0.1, 0.15) is 22.1 Å². The largest absolute Gasteiger partial charge is 0.493 e. The van der Waals surface area contributed by atoms with Crippen molar-refractivity contribution in [3.8, 4) is 17.2 Å². The monoisotopic (exact) mass is 319 g/mol. The highest BCUT2D eigenvalue weighted by atomic mass is 35.5. The first-order chi connectivity index (χ1) is 10.6. The second-order valence-electron chi connectivity index (χ2n) is 4.71. The maximum Gasteiger partial charge on any atom is 0.258 e. The number of para-hydroxylation sites is 1. The summed E-state index contributed by atoms with van der Waals surface area (Å²) < 4.78 is 16.3. The first-order valence-corrected chi connectivity index (χ1v) is 7.00. The highest BCUT2D eigenvalue weighted by Gasteiger charge is 2.27. The standard InChI is InChI=1S/C16H14ClNO4/c1-20-13-8-9(7-11(17)14(13)21-2)16-18-15(19)10-5-3-4-6-12(10)22-16/h3-8,16H,1-2H3,(H,18,19). The van der Waals surface area contributed by atoms with E-state index in [0.717, 1.165) is 0 Å². The quantitative estimate of drug-likeness (QED) is 0.944. The van der Waals surface area contributed by atoms with Gasteiger partial charge in [-0.2, -0.15) is 0 Å². The van der Waals surface area contributed by atoms with Gasteiger partial charge in [0.25, 0.3) is 5.91 Å². The predicted molar refractivity (Wildman–Crippen MR) is 81.8 cm³/mol. The lowest BCUT2D eigenvalue weighted by molar-refractivity contribution is 0.0755. The van der Waals surface area contributed by atoms with E-state index in [0.29, 0.717) is 33.4 Å².